The summed E-state index contributed by atoms with van der Waals surface area (Å²) in [5, 5.41) is 3.14. The highest BCUT2D eigenvalue weighted by Gasteiger charge is 2.23. The number of carbonyl (C=O) groups excluding carboxylic acids is 1. The molecular formula is C24H32N4O2. The predicted molar refractivity (Wildman–Crippen MR) is 119 cm³/mol. The SMILES string of the molecule is CC1CCN(c2ccc(C(=O)NCC(c3cccnc3)N3CCOCC3)cc2)CC1. The van der Waals surface area contributed by atoms with Gasteiger partial charge in [-0.1, -0.05) is 13.0 Å². The number of aromatic nitrogens is 1. The zero-order valence-corrected chi connectivity index (χ0v) is 17.8. The quantitative estimate of drug-likeness (QED) is 0.796. The van der Waals surface area contributed by atoms with E-state index in [0.717, 1.165) is 50.9 Å². The standard InChI is InChI=1S/C24H32N4O2/c1-19-8-11-27(12-9-19)22-6-4-20(5-7-22)24(29)26-18-23(21-3-2-10-25-17-21)28-13-15-30-16-14-28/h2-7,10,17,19,23H,8-9,11-16,18H2,1H3,(H,26,29). The van der Waals surface area contributed by atoms with Crippen LogP contribution >= 0.6 is 0 Å². The third kappa shape index (κ3) is 5.18. The number of nitrogens with zero attached hydrogens (tertiary/aromatic N) is 3. The Balaban J connectivity index is 1.38. The van der Waals surface area contributed by atoms with Crippen LogP contribution in [-0.4, -0.2) is 61.7 Å². The molecule has 1 aromatic carbocycles. The lowest BCUT2D eigenvalue weighted by Crippen LogP contribution is -2.43. The number of piperidine rings is 1. The summed E-state index contributed by atoms with van der Waals surface area (Å²) in [4.78, 5) is 21.9. The normalized spacial score (nSPS) is 19.4. The van der Waals surface area contributed by atoms with Gasteiger partial charge in [-0.2, -0.15) is 0 Å². The molecule has 0 radical (unpaired) electrons. The molecule has 3 heterocycles. The molecule has 1 aromatic heterocycles. The van der Waals surface area contributed by atoms with Crippen molar-refractivity contribution in [3.63, 3.8) is 0 Å². The maximum absolute atomic E-state index is 12.8. The molecule has 1 N–H and O–H groups in total. The van der Waals surface area contributed by atoms with Crippen molar-refractivity contribution in [1.82, 2.24) is 15.2 Å². The Morgan fingerprint density at radius 3 is 2.53 bits per heavy atom. The minimum atomic E-state index is -0.0315. The number of hydrogen-bond acceptors (Lipinski definition) is 5. The topological polar surface area (TPSA) is 57.7 Å². The maximum Gasteiger partial charge on any atom is 0.251 e. The van der Waals surface area contributed by atoms with Crippen molar-refractivity contribution in [3.05, 3.63) is 59.9 Å². The molecular weight excluding hydrogens is 376 g/mol. The van der Waals surface area contributed by atoms with Crippen LogP contribution in [0.15, 0.2) is 48.8 Å². The zero-order valence-electron chi connectivity index (χ0n) is 17.8. The van der Waals surface area contributed by atoms with E-state index in [-0.39, 0.29) is 11.9 Å². The van der Waals surface area contributed by atoms with Gasteiger partial charge in [-0.05, 0) is 54.7 Å². The molecule has 1 unspecified atom stereocenters. The largest absolute Gasteiger partial charge is 0.379 e. The molecule has 1 amide bonds. The summed E-state index contributed by atoms with van der Waals surface area (Å²) in [6.45, 7) is 8.23. The van der Waals surface area contributed by atoms with Crippen molar-refractivity contribution in [3.8, 4) is 0 Å². The molecule has 0 aliphatic carbocycles. The lowest BCUT2D eigenvalue weighted by Gasteiger charge is -2.34. The number of benzene rings is 1. The van der Waals surface area contributed by atoms with Crippen LogP contribution in [0.1, 0.15) is 41.7 Å². The first kappa shape index (κ1) is 20.8. The van der Waals surface area contributed by atoms with E-state index >= 15 is 0 Å². The van der Waals surface area contributed by atoms with Gasteiger partial charge in [-0.25, -0.2) is 0 Å². The minimum absolute atomic E-state index is 0.0315. The number of nitrogens with one attached hydrogen (secondary N) is 1. The first-order valence-corrected chi connectivity index (χ1v) is 11.1. The van der Waals surface area contributed by atoms with E-state index < -0.39 is 0 Å². The van der Waals surface area contributed by atoms with Gasteiger partial charge in [0.1, 0.15) is 0 Å². The summed E-state index contributed by atoms with van der Waals surface area (Å²) < 4.78 is 5.50. The molecule has 0 spiro atoms. The molecule has 2 aliphatic heterocycles. The number of ether oxygens (including phenoxy) is 1. The molecule has 30 heavy (non-hydrogen) atoms. The Hall–Kier alpha value is -2.44. The van der Waals surface area contributed by atoms with Crippen molar-refractivity contribution in [2.24, 2.45) is 5.92 Å². The Morgan fingerprint density at radius 2 is 1.87 bits per heavy atom. The second-order valence-electron chi connectivity index (χ2n) is 8.38. The summed E-state index contributed by atoms with van der Waals surface area (Å²) in [5.74, 6) is 0.779. The van der Waals surface area contributed by atoms with E-state index in [0.29, 0.717) is 12.1 Å². The first-order chi connectivity index (χ1) is 14.7. The van der Waals surface area contributed by atoms with E-state index in [1.807, 2.05) is 24.4 Å². The van der Waals surface area contributed by atoms with Crippen LogP contribution in [0.5, 0.6) is 0 Å². The third-order valence-electron chi connectivity index (χ3n) is 6.29. The summed E-state index contributed by atoms with van der Waals surface area (Å²) in [5.41, 5.74) is 3.03. The number of anilines is 1. The molecule has 6 nitrogen and oxygen atoms in total. The number of hydrogen-bond donors (Lipinski definition) is 1. The number of carbonyl (C=O) groups is 1. The van der Waals surface area contributed by atoms with Gasteiger partial charge in [0.25, 0.3) is 5.91 Å². The van der Waals surface area contributed by atoms with Crippen molar-refractivity contribution in [1.29, 1.82) is 0 Å². The summed E-state index contributed by atoms with van der Waals surface area (Å²) in [7, 11) is 0. The lowest BCUT2D eigenvalue weighted by molar-refractivity contribution is 0.0161. The van der Waals surface area contributed by atoms with Crippen LogP contribution < -0.4 is 10.2 Å². The smallest absolute Gasteiger partial charge is 0.251 e. The summed E-state index contributed by atoms with van der Waals surface area (Å²) >= 11 is 0. The molecule has 2 aromatic rings. The average Bonchev–Trinajstić information content (AvgIpc) is 2.81. The fourth-order valence-corrected chi connectivity index (χ4v) is 4.30. The molecule has 0 saturated carbocycles. The van der Waals surface area contributed by atoms with Crippen LogP contribution in [0, 0.1) is 5.92 Å². The second kappa shape index (κ2) is 10.0. The van der Waals surface area contributed by atoms with Gasteiger partial charge in [0, 0.05) is 56.4 Å². The van der Waals surface area contributed by atoms with Gasteiger partial charge in [-0.3, -0.25) is 14.7 Å². The monoisotopic (exact) mass is 408 g/mol. The van der Waals surface area contributed by atoms with Crippen LogP contribution in [0.2, 0.25) is 0 Å². The predicted octanol–water partition coefficient (Wildman–Crippen LogP) is 3.12. The molecule has 2 aliphatic rings. The van der Waals surface area contributed by atoms with Crippen LogP contribution in [0.25, 0.3) is 0 Å². The Labute approximate surface area is 179 Å². The highest BCUT2D eigenvalue weighted by Crippen LogP contribution is 2.24. The zero-order chi connectivity index (χ0) is 20.8. The minimum Gasteiger partial charge on any atom is -0.379 e. The van der Waals surface area contributed by atoms with Crippen LogP contribution in [0.3, 0.4) is 0 Å². The van der Waals surface area contributed by atoms with Crippen molar-refractivity contribution >= 4 is 11.6 Å². The molecule has 2 fully saturated rings. The maximum atomic E-state index is 12.8. The van der Waals surface area contributed by atoms with Crippen LogP contribution in [-0.2, 0) is 4.74 Å². The highest BCUT2D eigenvalue weighted by molar-refractivity contribution is 5.94. The van der Waals surface area contributed by atoms with E-state index in [1.54, 1.807) is 6.20 Å². The van der Waals surface area contributed by atoms with Crippen molar-refractivity contribution in [2.75, 3.05) is 50.8 Å². The molecule has 2 saturated heterocycles. The average molecular weight is 409 g/mol. The van der Waals surface area contributed by atoms with E-state index in [1.165, 1.54) is 18.5 Å². The van der Waals surface area contributed by atoms with Gasteiger partial charge >= 0.3 is 0 Å². The number of morpholine rings is 1. The molecule has 6 heteroatoms. The van der Waals surface area contributed by atoms with Gasteiger partial charge in [0.2, 0.25) is 0 Å². The molecule has 1 atom stereocenters. The van der Waals surface area contributed by atoms with E-state index in [4.69, 9.17) is 4.74 Å². The number of pyridine rings is 1. The summed E-state index contributed by atoms with van der Waals surface area (Å²) in [6, 6.07) is 12.2. The van der Waals surface area contributed by atoms with E-state index in [9.17, 15) is 4.79 Å². The van der Waals surface area contributed by atoms with Gasteiger partial charge in [-0.15, -0.1) is 0 Å². The Morgan fingerprint density at radius 1 is 1.13 bits per heavy atom. The lowest BCUT2D eigenvalue weighted by atomic mass is 9.98. The van der Waals surface area contributed by atoms with Gasteiger partial charge in [0.05, 0.1) is 19.3 Å². The third-order valence-corrected chi connectivity index (χ3v) is 6.29. The van der Waals surface area contributed by atoms with Crippen molar-refractivity contribution < 1.29 is 9.53 Å². The first-order valence-electron chi connectivity index (χ1n) is 11.1. The van der Waals surface area contributed by atoms with Crippen LogP contribution in [0.4, 0.5) is 5.69 Å². The van der Waals surface area contributed by atoms with Crippen molar-refractivity contribution in [2.45, 2.75) is 25.8 Å². The Kier molecular flexibility index (Phi) is 6.97. The fourth-order valence-electron chi connectivity index (χ4n) is 4.30. The van der Waals surface area contributed by atoms with Gasteiger partial charge in [0.15, 0.2) is 0 Å². The summed E-state index contributed by atoms with van der Waals surface area (Å²) in [6.07, 6.45) is 6.14. The van der Waals surface area contributed by atoms with E-state index in [2.05, 4.69) is 45.2 Å². The highest BCUT2D eigenvalue weighted by atomic mass is 16.5. The Bertz CT molecular complexity index is 798. The number of amides is 1. The second-order valence-corrected chi connectivity index (χ2v) is 8.38. The number of rotatable bonds is 6. The fraction of sp³-hybridized carbons (Fsp3) is 0.500. The molecule has 0 bridgehead atoms. The molecule has 160 valence electrons. The molecule has 4 rings (SSSR count). The van der Waals surface area contributed by atoms with Gasteiger partial charge < -0.3 is 15.0 Å².